The Hall–Kier alpha value is -4.83. The van der Waals surface area contributed by atoms with Crippen molar-refractivity contribution < 1.29 is 23.9 Å². The number of nitrogens with zero attached hydrogens (tertiary/aromatic N) is 3. The zero-order valence-electron chi connectivity index (χ0n) is 23.1. The number of hydrogen-bond donors (Lipinski definition) is 1. The van der Waals surface area contributed by atoms with Gasteiger partial charge in [-0.2, -0.15) is 5.10 Å². The number of pyridine rings is 1. The predicted octanol–water partition coefficient (Wildman–Crippen LogP) is 6.05. The second kappa shape index (κ2) is 11.7. The molecule has 0 saturated carbocycles. The van der Waals surface area contributed by atoms with Gasteiger partial charge in [-0.25, -0.2) is 19.3 Å². The van der Waals surface area contributed by atoms with E-state index in [-0.39, 0.29) is 12.2 Å². The maximum absolute atomic E-state index is 13.5. The molecule has 9 nitrogen and oxygen atoms in total. The summed E-state index contributed by atoms with van der Waals surface area (Å²) < 4.78 is 12.3. The monoisotopic (exact) mass is 568 g/mol. The van der Waals surface area contributed by atoms with Crippen molar-refractivity contribution in [1.29, 1.82) is 0 Å². The summed E-state index contributed by atoms with van der Waals surface area (Å²) in [5.41, 5.74) is 4.55. The molecule has 41 heavy (non-hydrogen) atoms. The second-order valence-electron chi connectivity index (χ2n) is 9.28. The Balaban J connectivity index is 1.46. The number of benzene rings is 2. The number of para-hydroxylation sites is 1. The van der Waals surface area contributed by atoms with Gasteiger partial charge in [0.15, 0.2) is 12.3 Å². The molecule has 0 unspecified atom stereocenters. The summed E-state index contributed by atoms with van der Waals surface area (Å²) in [7, 11) is 0. The van der Waals surface area contributed by atoms with Gasteiger partial charge in [-0.15, -0.1) is 11.3 Å². The number of carbonyl (C=O) groups is 3. The summed E-state index contributed by atoms with van der Waals surface area (Å²) >= 11 is 1.27. The van der Waals surface area contributed by atoms with Gasteiger partial charge in [0, 0.05) is 10.4 Å². The van der Waals surface area contributed by atoms with Gasteiger partial charge in [0.2, 0.25) is 0 Å². The summed E-state index contributed by atoms with van der Waals surface area (Å²) in [5, 5.41) is 8.26. The fourth-order valence-electron chi connectivity index (χ4n) is 4.49. The molecule has 10 heteroatoms. The van der Waals surface area contributed by atoms with E-state index in [4.69, 9.17) is 14.5 Å². The van der Waals surface area contributed by atoms with Crippen LogP contribution in [0.25, 0.3) is 28.0 Å². The Morgan fingerprint density at radius 1 is 0.927 bits per heavy atom. The first-order chi connectivity index (χ1) is 19.8. The van der Waals surface area contributed by atoms with Crippen molar-refractivity contribution in [3.63, 3.8) is 0 Å². The van der Waals surface area contributed by atoms with Crippen LogP contribution in [-0.4, -0.2) is 45.8 Å². The molecule has 3 aromatic heterocycles. The Bertz CT molecular complexity index is 1760. The molecule has 0 bridgehead atoms. The summed E-state index contributed by atoms with van der Waals surface area (Å²) in [5.74, 6) is -1.78. The number of rotatable bonds is 8. The van der Waals surface area contributed by atoms with Crippen LogP contribution in [-0.2, 0) is 14.3 Å². The molecule has 0 spiro atoms. The van der Waals surface area contributed by atoms with E-state index in [1.54, 1.807) is 31.5 Å². The molecule has 0 atom stereocenters. The lowest BCUT2D eigenvalue weighted by molar-refractivity contribution is -0.119. The molecular weight excluding hydrogens is 540 g/mol. The smallest absolute Gasteiger partial charge is 0.341 e. The quantitative estimate of drug-likeness (QED) is 0.227. The molecule has 5 aromatic rings. The highest BCUT2D eigenvalue weighted by Crippen LogP contribution is 2.33. The van der Waals surface area contributed by atoms with Gasteiger partial charge in [0.05, 0.1) is 40.2 Å². The number of carbonyl (C=O) groups excluding carboxylic acids is 3. The number of anilines is 1. The number of thiophene rings is 1. The van der Waals surface area contributed by atoms with Crippen molar-refractivity contribution >= 4 is 45.2 Å². The number of nitrogens with one attached hydrogen (secondary N) is 1. The normalized spacial score (nSPS) is 10.9. The number of esters is 2. The SMILES string of the molecule is CCOC(=O)c1c(NC(=O)COC(=O)c2cc(-c3ccccc3)nc3c2c(C)nn3-c2ccccc2)sc(C)c1C. The molecule has 0 saturated heterocycles. The van der Waals surface area contributed by atoms with Crippen molar-refractivity contribution in [2.75, 3.05) is 18.5 Å². The molecule has 208 valence electrons. The zero-order chi connectivity index (χ0) is 29.1. The first-order valence-corrected chi connectivity index (χ1v) is 13.9. The van der Waals surface area contributed by atoms with Crippen LogP contribution in [0, 0.1) is 20.8 Å². The van der Waals surface area contributed by atoms with E-state index < -0.39 is 24.5 Å². The van der Waals surface area contributed by atoms with E-state index >= 15 is 0 Å². The van der Waals surface area contributed by atoms with Crippen molar-refractivity contribution in [1.82, 2.24) is 14.8 Å². The third-order valence-corrected chi connectivity index (χ3v) is 7.68. The van der Waals surface area contributed by atoms with Gasteiger partial charge in [-0.05, 0) is 51.5 Å². The molecule has 2 aromatic carbocycles. The van der Waals surface area contributed by atoms with Crippen LogP contribution in [0.2, 0.25) is 0 Å². The molecular formula is C31H28N4O5S. The third kappa shape index (κ3) is 5.59. The number of aromatic nitrogens is 3. The van der Waals surface area contributed by atoms with Crippen LogP contribution in [0.1, 0.15) is 43.8 Å². The summed E-state index contributed by atoms with van der Waals surface area (Å²) in [6, 6.07) is 20.7. The molecule has 0 aliphatic carbocycles. The molecule has 0 fully saturated rings. The van der Waals surface area contributed by atoms with Gasteiger partial charge >= 0.3 is 11.9 Å². The van der Waals surface area contributed by atoms with E-state index in [0.717, 1.165) is 21.7 Å². The van der Waals surface area contributed by atoms with E-state index in [1.807, 2.05) is 67.6 Å². The number of fused-ring (bicyclic) bond motifs is 1. The van der Waals surface area contributed by atoms with E-state index in [1.165, 1.54) is 11.3 Å². The topological polar surface area (TPSA) is 112 Å². The largest absolute Gasteiger partial charge is 0.462 e. The summed E-state index contributed by atoms with van der Waals surface area (Å²) in [6.45, 7) is 6.83. The van der Waals surface area contributed by atoms with Crippen LogP contribution in [0.4, 0.5) is 5.00 Å². The molecule has 0 aliphatic rings. The Labute approximate surface area is 240 Å². The summed E-state index contributed by atoms with van der Waals surface area (Å²) in [4.78, 5) is 44.5. The van der Waals surface area contributed by atoms with Crippen LogP contribution in [0.5, 0.6) is 0 Å². The minimum Gasteiger partial charge on any atom is -0.462 e. The van der Waals surface area contributed by atoms with Crippen LogP contribution >= 0.6 is 11.3 Å². The minimum absolute atomic E-state index is 0.212. The Morgan fingerprint density at radius 3 is 2.29 bits per heavy atom. The van der Waals surface area contributed by atoms with E-state index in [0.29, 0.717) is 33.0 Å². The van der Waals surface area contributed by atoms with Crippen molar-refractivity contribution in [3.8, 4) is 16.9 Å². The van der Waals surface area contributed by atoms with Crippen molar-refractivity contribution in [3.05, 3.63) is 94.0 Å². The second-order valence-corrected chi connectivity index (χ2v) is 10.5. The molecule has 0 aliphatic heterocycles. The first kappa shape index (κ1) is 27.7. The minimum atomic E-state index is -0.690. The highest BCUT2D eigenvalue weighted by Gasteiger charge is 2.25. The van der Waals surface area contributed by atoms with Gasteiger partial charge in [-0.1, -0.05) is 48.5 Å². The maximum atomic E-state index is 13.5. The average molecular weight is 569 g/mol. The standard InChI is InChI=1S/C31H28N4O5S/c1-5-39-31(38)26-18(2)20(4)41-29(26)33-25(36)17-40-30(37)23-16-24(21-12-8-6-9-13-21)32-28-27(23)19(3)34-35(28)22-14-10-7-11-15-22/h6-16H,5,17H2,1-4H3,(H,33,36). The van der Waals surface area contributed by atoms with E-state index in [9.17, 15) is 14.4 Å². The average Bonchev–Trinajstić information content (AvgIpc) is 3.46. The fourth-order valence-corrected chi connectivity index (χ4v) is 5.56. The van der Waals surface area contributed by atoms with Crippen LogP contribution < -0.4 is 5.32 Å². The van der Waals surface area contributed by atoms with Gasteiger partial charge in [0.1, 0.15) is 5.00 Å². The summed E-state index contributed by atoms with van der Waals surface area (Å²) in [6.07, 6.45) is 0. The molecule has 1 N–H and O–H groups in total. The predicted molar refractivity (Wildman–Crippen MR) is 158 cm³/mol. The van der Waals surface area contributed by atoms with Gasteiger partial charge < -0.3 is 14.8 Å². The van der Waals surface area contributed by atoms with Crippen molar-refractivity contribution in [2.24, 2.45) is 0 Å². The molecule has 3 heterocycles. The number of aryl methyl sites for hydroxylation is 2. The number of ether oxygens (including phenoxy) is 2. The molecule has 0 radical (unpaired) electrons. The highest BCUT2D eigenvalue weighted by molar-refractivity contribution is 7.16. The molecule has 1 amide bonds. The van der Waals surface area contributed by atoms with Crippen LogP contribution in [0.15, 0.2) is 66.7 Å². The van der Waals surface area contributed by atoms with Crippen molar-refractivity contribution in [2.45, 2.75) is 27.7 Å². The Kier molecular flexibility index (Phi) is 7.93. The van der Waals surface area contributed by atoms with Gasteiger partial charge in [0.25, 0.3) is 5.91 Å². The van der Waals surface area contributed by atoms with Crippen LogP contribution in [0.3, 0.4) is 0 Å². The maximum Gasteiger partial charge on any atom is 0.341 e. The highest BCUT2D eigenvalue weighted by atomic mass is 32.1. The number of hydrogen-bond acceptors (Lipinski definition) is 8. The lowest BCUT2D eigenvalue weighted by Crippen LogP contribution is -2.22. The zero-order valence-corrected chi connectivity index (χ0v) is 23.9. The lowest BCUT2D eigenvalue weighted by Gasteiger charge is -2.10. The van der Waals surface area contributed by atoms with Gasteiger partial charge in [-0.3, -0.25) is 4.79 Å². The molecule has 5 rings (SSSR count). The Morgan fingerprint density at radius 2 is 1.61 bits per heavy atom. The fraction of sp³-hybridized carbons (Fsp3) is 0.194. The van der Waals surface area contributed by atoms with E-state index in [2.05, 4.69) is 10.4 Å². The first-order valence-electron chi connectivity index (χ1n) is 13.0. The third-order valence-electron chi connectivity index (χ3n) is 6.56. The lowest BCUT2D eigenvalue weighted by atomic mass is 10.1. The number of amides is 1.